The predicted octanol–water partition coefficient (Wildman–Crippen LogP) is 3.27. The number of anilines is 1. The highest BCUT2D eigenvalue weighted by Gasteiger charge is 2.34. The third-order valence-corrected chi connectivity index (χ3v) is 6.02. The molecule has 0 spiro atoms. The highest BCUT2D eigenvalue weighted by molar-refractivity contribution is 5.97. The average Bonchev–Trinajstić information content (AvgIpc) is 3.07. The van der Waals surface area contributed by atoms with E-state index in [1.807, 2.05) is 60.7 Å². The van der Waals surface area contributed by atoms with Gasteiger partial charge in [-0.1, -0.05) is 48.5 Å². The Labute approximate surface area is 172 Å². The molecule has 2 aliphatic rings. The fourth-order valence-corrected chi connectivity index (χ4v) is 4.67. The topological polar surface area (TPSA) is 70.2 Å². The van der Waals surface area contributed by atoms with Gasteiger partial charge in [0.15, 0.2) is 0 Å². The minimum Gasteiger partial charge on any atom is -0.344 e. The van der Waals surface area contributed by atoms with E-state index in [0.717, 1.165) is 24.1 Å². The van der Waals surface area contributed by atoms with Gasteiger partial charge in [-0.05, 0) is 49.3 Å². The van der Waals surface area contributed by atoms with Crippen molar-refractivity contribution in [3.8, 4) is 0 Å². The number of benzene rings is 2. The van der Waals surface area contributed by atoms with Crippen LogP contribution in [0, 0.1) is 5.92 Å². The zero-order chi connectivity index (χ0) is 20.1. The van der Waals surface area contributed by atoms with Gasteiger partial charge in [0.25, 0.3) is 0 Å². The first kappa shape index (κ1) is 19.6. The summed E-state index contributed by atoms with van der Waals surface area (Å²) in [5.74, 6) is 0.197. The second kappa shape index (κ2) is 9.23. The number of piperidine rings is 1. The van der Waals surface area contributed by atoms with Crippen LogP contribution in [-0.2, 0) is 16.0 Å². The van der Waals surface area contributed by atoms with Crippen LogP contribution in [0.25, 0.3) is 0 Å². The summed E-state index contributed by atoms with van der Waals surface area (Å²) in [5.41, 5.74) is 1.76. The Morgan fingerprint density at radius 1 is 0.931 bits per heavy atom. The first-order valence-electron chi connectivity index (χ1n) is 10.6. The van der Waals surface area contributed by atoms with Gasteiger partial charge in [-0.2, -0.15) is 0 Å². The van der Waals surface area contributed by atoms with Crippen molar-refractivity contribution < 1.29 is 9.59 Å². The number of nitrogens with one attached hydrogen (secondary N) is 3. The molecular formula is C24H29N3O2. The summed E-state index contributed by atoms with van der Waals surface area (Å²) in [6.07, 6.45) is 5.53. The third-order valence-electron chi connectivity index (χ3n) is 6.02. The van der Waals surface area contributed by atoms with E-state index in [1.165, 1.54) is 12.8 Å². The molecule has 4 rings (SSSR count). The molecule has 0 radical (unpaired) electrons. The fraction of sp³-hybridized carbons (Fsp3) is 0.417. The number of para-hydroxylation sites is 1. The Kier molecular flexibility index (Phi) is 6.25. The van der Waals surface area contributed by atoms with Gasteiger partial charge in [0.05, 0.1) is 0 Å². The van der Waals surface area contributed by atoms with Crippen molar-refractivity contribution in [2.45, 2.75) is 56.7 Å². The summed E-state index contributed by atoms with van der Waals surface area (Å²) in [5, 5.41) is 9.56. The summed E-state index contributed by atoms with van der Waals surface area (Å²) in [7, 11) is 0. The zero-order valence-corrected chi connectivity index (χ0v) is 16.6. The average molecular weight is 392 g/mol. The van der Waals surface area contributed by atoms with Gasteiger partial charge in [-0.3, -0.25) is 9.59 Å². The van der Waals surface area contributed by atoms with Crippen molar-refractivity contribution >= 4 is 17.5 Å². The molecule has 5 nitrogen and oxygen atoms in total. The van der Waals surface area contributed by atoms with Gasteiger partial charge in [-0.25, -0.2) is 0 Å². The minimum atomic E-state index is -0.594. The molecule has 2 aromatic carbocycles. The number of hydrogen-bond acceptors (Lipinski definition) is 3. The maximum absolute atomic E-state index is 12.9. The largest absolute Gasteiger partial charge is 0.344 e. The van der Waals surface area contributed by atoms with Gasteiger partial charge >= 0.3 is 0 Å². The van der Waals surface area contributed by atoms with Crippen LogP contribution in [-0.4, -0.2) is 29.9 Å². The SMILES string of the molecule is O=C(CC1CC2CCC(C1)N2)NC(Cc1ccccc1)C(=O)Nc1ccccc1. The number of rotatable bonds is 7. The van der Waals surface area contributed by atoms with Crippen LogP contribution in [0.1, 0.15) is 37.7 Å². The van der Waals surface area contributed by atoms with E-state index in [9.17, 15) is 9.59 Å². The van der Waals surface area contributed by atoms with Crippen molar-refractivity contribution in [2.75, 3.05) is 5.32 Å². The minimum absolute atomic E-state index is 0.0274. The summed E-state index contributed by atoms with van der Waals surface area (Å²) >= 11 is 0. The Morgan fingerprint density at radius 2 is 1.55 bits per heavy atom. The first-order chi connectivity index (χ1) is 14.2. The van der Waals surface area contributed by atoms with Crippen LogP contribution in [0.15, 0.2) is 60.7 Å². The zero-order valence-electron chi connectivity index (χ0n) is 16.6. The third kappa shape index (κ3) is 5.45. The molecule has 2 bridgehead atoms. The van der Waals surface area contributed by atoms with Crippen molar-refractivity contribution in [3.05, 3.63) is 66.2 Å². The van der Waals surface area contributed by atoms with E-state index < -0.39 is 6.04 Å². The van der Waals surface area contributed by atoms with Crippen LogP contribution in [0.5, 0.6) is 0 Å². The molecule has 29 heavy (non-hydrogen) atoms. The molecule has 3 atom stereocenters. The van der Waals surface area contributed by atoms with Gasteiger partial charge < -0.3 is 16.0 Å². The van der Waals surface area contributed by atoms with Crippen LogP contribution >= 0.6 is 0 Å². The van der Waals surface area contributed by atoms with E-state index in [4.69, 9.17) is 0 Å². The summed E-state index contributed by atoms with van der Waals surface area (Å²) in [6, 6.07) is 19.7. The number of hydrogen-bond donors (Lipinski definition) is 3. The molecule has 2 fully saturated rings. The van der Waals surface area contributed by atoms with E-state index in [0.29, 0.717) is 30.8 Å². The Balaban J connectivity index is 1.40. The van der Waals surface area contributed by atoms with Crippen molar-refractivity contribution in [3.63, 3.8) is 0 Å². The lowest BCUT2D eigenvalue weighted by molar-refractivity contribution is -0.127. The number of carbonyl (C=O) groups excluding carboxylic acids is 2. The van der Waals surface area contributed by atoms with Gasteiger partial charge in [0, 0.05) is 30.6 Å². The highest BCUT2D eigenvalue weighted by Crippen LogP contribution is 2.32. The summed E-state index contributed by atoms with van der Waals surface area (Å²) < 4.78 is 0. The Bertz CT molecular complexity index is 813. The number of fused-ring (bicyclic) bond motifs is 2. The maximum atomic E-state index is 12.9. The lowest BCUT2D eigenvalue weighted by atomic mass is 9.89. The fourth-order valence-electron chi connectivity index (χ4n) is 4.67. The van der Waals surface area contributed by atoms with E-state index in [1.54, 1.807) is 0 Å². The smallest absolute Gasteiger partial charge is 0.247 e. The lowest BCUT2D eigenvalue weighted by Gasteiger charge is -2.29. The van der Waals surface area contributed by atoms with Crippen LogP contribution in [0.4, 0.5) is 5.69 Å². The van der Waals surface area contributed by atoms with E-state index in [2.05, 4.69) is 16.0 Å². The van der Waals surface area contributed by atoms with Crippen molar-refractivity contribution in [2.24, 2.45) is 5.92 Å². The van der Waals surface area contributed by atoms with Gasteiger partial charge in [-0.15, -0.1) is 0 Å². The maximum Gasteiger partial charge on any atom is 0.247 e. The molecule has 0 aromatic heterocycles. The lowest BCUT2D eigenvalue weighted by Crippen LogP contribution is -2.46. The molecule has 2 amide bonds. The predicted molar refractivity (Wildman–Crippen MR) is 114 cm³/mol. The van der Waals surface area contributed by atoms with Crippen molar-refractivity contribution in [1.82, 2.24) is 10.6 Å². The second-order valence-electron chi connectivity index (χ2n) is 8.34. The Morgan fingerprint density at radius 3 is 2.21 bits per heavy atom. The normalized spacial score (nSPS) is 23.9. The highest BCUT2D eigenvalue weighted by atomic mass is 16.2. The van der Waals surface area contributed by atoms with Crippen LogP contribution in [0.2, 0.25) is 0 Å². The van der Waals surface area contributed by atoms with Crippen LogP contribution in [0.3, 0.4) is 0 Å². The molecule has 2 heterocycles. The van der Waals surface area contributed by atoms with Gasteiger partial charge in [0.2, 0.25) is 11.8 Å². The number of amides is 2. The first-order valence-corrected chi connectivity index (χ1v) is 10.6. The molecule has 152 valence electrons. The molecule has 2 aliphatic heterocycles. The van der Waals surface area contributed by atoms with Gasteiger partial charge in [0.1, 0.15) is 6.04 Å². The molecule has 3 unspecified atom stereocenters. The molecule has 0 aliphatic carbocycles. The molecule has 0 saturated carbocycles. The summed E-state index contributed by atoms with van der Waals surface area (Å²) in [4.78, 5) is 25.7. The van der Waals surface area contributed by atoms with E-state index >= 15 is 0 Å². The van der Waals surface area contributed by atoms with E-state index in [-0.39, 0.29) is 11.8 Å². The molecule has 3 N–H and O–H groups in total. The Hall–Kier alpha value is -2.66. The monoisotopic (exact) mass is 391 g/mol. The van der Waals surface area contributed by atoms with Crippen molar-refractivity contribution in [1.29, 1.82) is 0 Å². The van der Waals surface area contributed by atoms with Crippen LogP contribution < -0.4 is 16.0 Å². The molecule has 5 heteroatoms. The standard InChI is InChI=1S/C24H29N3O2/c28-23(16-18-13-20-11-12-21(14-18)25-20)27-22(15-17-7-3-1-4-8-17)24(29)26-19-9-5-2-6-10-19/h1-10,18,20-22,25H,11-16H2,(H,26,29)(H,27,28). The quantitative estimate of drug-likeness (QED) is 0.678. The molecule has 2 saturated heterocycles. The molecule has 2 aromatic rings. The number of carbonyl (C=O) groups is 2. The second-order valence-corrected chi connectivity index (χ2v) is 8.34. The summed E-state index contributed by atoms with van der Waals surface area (Å²) in [6.45, 7) is 0. The molecular weight excluding hydrogens is 362 g/mol.